The summed E-state index contributed by atoms with van der Waals surface area (Å²) in [5.41, 5.74) is 1.48. The van der Waals surface area contributed by atoms with Gasteiger partial charge in [0, 0.05) is 26.0 Å². The molecule has 1 aliphatic rings. The highest BCUT2D eigenvalue weighted by molar-refractivity contribution is 7.89. The average molecular weight is 423 g/mol. The number of anilines is 1. The first-order valence-electron chi connectivity index (χ1n) is 9.01. The number of carbonyl (C=O) groups excluding carboxylic acids is 2. The largest absolute Gasteiger partial charge is 0.396 e. The SMILES string of the molecule is O=C1CCC(=O)N1c1ccc(S(=O)(=O)NCC[C@@H](CCO)c2ccsc2)cc1. The van der Waals surface area contributed by atoms with Crippen LogP contribution in [0.2, 0.25) is 0 Å². The molecule has 9 heteroatoms. The van der Waals surface area contributed by atoms with E-state index in [4.69, 9.17) is 0 Å². The number of hydrogen-bond donors (Lipinski definition) is 2. The van der Waals surface area contributed by atoms with Crippen molar-refractivity contribution in [3.63, 3.8) is 0 Å². The van der Waals surface area contributed by atoms with Crippen LogP contribution in [0.25, 0.3) is 0 Å². The van der Waals surface area contributed by atoms with Crippen LogP contribution in [0.15, 0.2) is 46.0 Å². The number of hydrogen-bond acceptors (Lipinski definition) is 6. The number of nitrogens with one attached hydrogen (secondary N) is 1. The summed E-state index contributed by atoms with van der Waals surface area (Å²) >= 11 is 1.57. The van der Waals surface area contributed by atoms with Crippen molar-refractivity contribution >= 4 is 38.9 Å². The first kappa shape index (κ1) is 20.7. The van der Waals surface area contributed by atoms with E-state index in [1.807, 2.05) is 16.8 Å². The molecule has 0 aliphatic carbocycles. The van der Waals surface area contributed by atoms with E-state index in [0.717, 1.165) is 10.5 Å². The number of nitrogens with zero attached hydrogens (tertiary/aromatic N) is 1. The fraction of sp³-hybridized carbons (Fsp3) is 0.368. The summed E-state index contributed by atoms with van der Waals surface area (Å²) in [5, 5.41) is 13.2. The van der Waals surface area contributed by atoms with E-state index in [-0.39, 0.29) is 48.6 Å². The number of sulfonamides is 1. The molecular formula is C19H22N2O5S2. The Morgan fingerprint density at radius 3 is 2.32 bits per heavy atom. The predicted molar refractivity (Wildman–Crippen MR) is 107 cm³/mol. The van der Waals surface area contributed by atoms with Gasteiger partial charge in [0.2, 0.25) is 21.8 Å². The molecule has 1 atom stereocenters. The van der Waals surface area contributed by atoms with Crippen LogP contribution in [-0.4, -0.2) is 38.5 Å². The second kappa shape index (κ2) is 8.95. The van der Waals surface area contributed by atoms with Gasteiger partial charge in [0.05, 0.1) is 10.6 Å². The van der Waals surface area contributed by atoms with Crippen molar-refractivity contribution in [1.82, 2.24) is 4.72 Å². The third-order valence-electron chi connectivity index (χ3n) is 4.73. The maximum atomic E-state index is 12.5. The Morgan fingerprint density at radius 1 is 1.07 bits per heavy atom. The third kappa shape index (κ3) is 4.67. The third-order valence-corrected chi connectivity index (χ3v) is 6.91. The van der Waals surface area contributed by atoms with Gasteiger partial charge in [-0.05, 0) is 65.4 Å². The van der Waals surface area contributed by atoms with Crippen LogP contribution in [-0.2, 0) is 19.6 Å². The fourth-order valence-corrected chi connectivity index (χ4v) is 5.02. The van der Waals surface area contributed by atoms with E-state index in [0.29, 0.717) is 18.5 Å². The molecule has 1 fully saturated rings. The molecule has 2 aromatic rings. The summed E-state index contributed by atoms with van der Waals surface area (Å²) in [6, 6.07) is 7.70. The van der Waals surface area contributed by atoms with Crippen LogP contribution in [0.3, 0.4) is 0 Å². The zero-order valence-electron chi connectivity index (χ0n) is 15.2. The summed E-state index contributed by atoms with van der Waals surface area (Å²) in [6.45, 7) is 0.288. The van der Waals surface area contributed by atoms with Gasteiger partial charge in [0.1, 0.15) is 0 Å². The molecule has 2 N–H and O–H groups in total. The van der Waals surface area contributed by atoms with Gasteiger partial charge in [-0.15, -0.1) is 0 Å². The van der Waals surface area contributed by atoms with Crippen LogP contribution >= 0.6 is 11.3 Å². The van der Waals surface area contributed by atoms with Gasteiger partial charge in [-0.2, -0.15) is 11.3 Å². The van der Waals surface area contributed by atoms with Crippen molar-refractivity contribution in [2.45, 2.75) is 36.5 Å². The number of amides is 2. The lowest BCUT2D eigenvalue weighted by Gasteiger charge is -2.16. The van der Waals surface area contributed by atoms with E-state index >= 15 is 0 Å². The number of carbonyl (C=O) groups is 2. The minimum Gasteiger partial charge on any atom is -0.396 e. The number of imide groups is 1. The van der Waals surface area contributed by atoms with Crippen LogP contribution < -0.4 is 9.62 Å². The maximum absolute atomic E-state index is 12.5. The molecule has 2 heterocycles. The van der Waals surface area contributed by atoms with Gasteiger partial charge in [-0.3, -0.25) is 14.5 Å². The molecule has 3 rings (SSSR count). The van der Waals surface area contributed by atoms with Gasteiger partial charge < -0.3 is 5.11 Å². The monoisotopic (exact) mass is 422 g/mol. The minimum absolute atomic E-state index is 0.0443. The maximum Gasteiger partial charge on any atom is 0.240 e. The quantitative estimate of drug-likeness (QED) is 0.603. The van der Waals surface area contributed by atoms with Crippen molar-refractivity contribution in [3.8, 4) is 0 Å². The molecule has 1 saturated heterocycles. The predicted octanol–water partition coefficient (Wildman–Crippen LogP) is 2.24. The number of rotatable bonds is 9. The van der Waals surface area contributed by atoms with Gasteiger partial charge >= 0.3 is 0 Å². The highest BCUT2D eigenvalue weighted by Crippen LogP contribution is 2.26. The summed E-state index contributed by atoms with van der Waals surface area (Å²) in [4.78, 5) is 24.7. The number of benzene rings is 1. The fourth-order valence-electron chi connectivity index (χ4n) is 3.23. The molecule has 150 valence electrons. The second-order valence-electron chi connectivity index (χ2n) is 6.57. The van der Waals surface area contributed by atoms with E-state index in [1.54, 1.807) is 11.3 Å². The van der Waals surface area contributed by atoms with Crippen LogP contribution in [0.4, 0.5) is 5.69 Å². The van der Waals surface area contributed by atoms with E-state index in [1.165, 1.54) is 24.3 Å². The molecule has 0 bridgehead atoms. The lowest BCUT2D eigenvalue weighted by atomic mass is 9.95. The van der Waals surface area contributed by atoms with E-state index < -0.39 is 10.0 Å². The molecule has 2 amide bonds. The molecule has 1 aromatic heterocycles. The van der Waals surface area contributed by atoms with Crippen LogP contribution in [0.5, 0.6) is 0 Å². The Kier molecular flexibility index (Phi) is 6.61. The Bertz CT molecular complexity index is 908. The Hall–Kier alpha value is -2.07. The Morgan fingerprint density at radius 2 is 1.75 bits per heavy atom. The van der Waals surface area contributed by atoms with Gasteiger partial charge in [-0.1, -0.05) is 0 Å². The first-order valence-corrected chi connectivity index (χ1v) is 11.4. The van der Waals surface area contributed by atoms with E-state index in [2.05, 4.69) is 4.72 Å². The Balaban J connectivity index is 1.62. The first-order chi connectivity index (χ1) is 13.4. The topological polar surface area (TPSA) is 104 Å². The van der Waals surface area contributed by atoms with Crippen LogP contribution in [0.1, 0.15) is 37.2 Å². The van der Waals surface area contributed by atoms with Gasteiger partial charge in [0.15, 0.2) is 0 Å². The molecule has 1 aliphatic heterocycles. The van der Waals surface area contributed by atoms with Gasteiger partial charge in [-0.25, -0.2) is 13.1 Å². The molecule has 0 saturated carbocycles. The lowest BCUT2D eigenvalue weighted by Crippen LogP contribution is -2.29. The molecule has 7 nitrogen and oxygen atoms in total. The van der Waals surface area contributed by atoms with E-state index in [9.17, 15) is 23.1 Å². The zero-order chi connectivity index (χ0) is 20.1. The summed E-state index contributed by atoms with van der Waals surface area (Å²) < 4.78 is 27.6. The van der Waals surface area contributed by atoms with Crippen molar-refractivity contribution in [2.75, 3.05) is 18.1 Å². The number of aliphatic hydroxyl groups is 1. The molecule has 1 aromatic carbocycles. The molecule has 0 radical (unpaired) electrons. The zero-order valence-corrected chi connectivity index (χ0v) is 16.8. The minimum atomic E-state index is -3.71. The van der Waals surface area contributed by atoms with Crippen LogP contribution in [0, 0.1) is 0 Å². The molecular weight excluding hydrogens is 400 g/mol. The highest BCUT2D eigenvalue weighted by Gasteiger charge is 2.30. The summed E-state index contributed by atoms with van der Waals surface area (Å²) in [7, 11) is -3.71. The Labute approximate surface area is 168 Å². The van der Waals surface area contributed by atoms with Gasteiger partial charge in [0.25, 0.3) is 0 Å². The van der Waals surface area contributed by atoms with Crippen molar-refractivity contribution in [1.29, 1.82) is 0 Å². The second-order valence-corrected chi connectivity index (χ2v) is 9.12. The molecule has 0 spiro atoms. The molecule has 28 heavy (non-hydrogen) atoms. The standard InChI is InChI=1S/C19H22N2O5S2/c22-11-8-14(15-9-12-27-13-15)7-10-20-28(25,26)17-3-1-16(2-4-17)21-18(23)5-6-19(21)24/h1-4,9,12-14,20,22H,5-8,10-11H2/t14-/m0/s1. The highest BCUT2D eigenvalue weighted by atomic mass is 32.2. The summed E-state index contributed by atoms with van der Waals surface area (Å²) in [6.07, 6.45) is 1.51. The lowest BCUT2D eigenvalue weighted by molar-refractivity contribution is -0.121. The average Bonchev–Trinajstić information content (AvgIpc) is 3.31. The number of thiophene rings is 1. The van der Waals surface area contributed by atoms with Crippen molar-refractivity contribution in [3.05, 3.63) is 46.7 Å². The number of aliphatic hydroxyl groups excluding tert-OH is 1. The van der Waals surface area contributed by atoms with Crippen molar-refractivity contribution in [2.24, 2.45) is 0 Å². The smallest absolute Gasteiger partial charge is 0.240 e. The molecule has 0 unspecified atom stereocenters. The van der Waals surface area contributed by atoms with Crippen molar-refractivity contribution < 1.29 is 23.1 Å². The normalized spacial score (nSPS) is 16.0. The summed E-state index contributed by atoms with van der Waals surface area (Å²) in [5.74, 6) is -0.460.